The summed E-state index contributed by atoms with van der Waals surface area (Å²) in [6.45, 7) is 0. The maximum absolute atomic E-state index is 11.0. The van der Waals surface area contributed by atoms with Gasteiger partial charge in [0.05, 0.1) is 17.5 Å². The largest absolute Gasteiger partial charge is 0.478 e. The Kier molecular flexibility index (Phi) is 3.80. The highest BCUT2D eigenvalue weighted by atomic mass is 16.4. The molecule has 0 spiro atoms. The summed E-state index contributed by atoms with van der Waals surface area (Å²) in [7, 11) is 0. The molecule has 1 aromatic carbocycles. The lowest BCUT2D eigenvalue weighted by atomic mass is 10.2. The summed E-state index contributed by atoms with van der Waals surface area (Å²) in [6, 6.07) is 9.26. The van der Waals surface area contributed by atoms with Crippen LogP contribution < -0.4 is 11.2 Å². The summed E-state index contributed by atoms with van der Waals surface area (Å²) in [5.41, 5.74) is 8.52. The molecule has 0 radical (unpaired) electrons. The molecule has 0 atom stereocenters. The average Bonchev–Trinajstić information content (AvgIpc) is 2.87. The fraction of sp³-hybridized carbons (Fsp3) is 0. The number of urea groups is 1. The number of rotatable bonds is 4. The molecule has 7 heteroatoms. The standard InChI is InChI=1S/C13H12N4O3/c14-13(20)16-15-8-11-5-2-6-17(11)10-4-1-3-9(7-10)12(18)19/h1-8H,(H,18,19)(H3,14,16,20)/b15-8+. The van der Waals surface area contributed by atoms with Crippen molar-refractivity contribution in [3.63, 3.8) is 0 Å². The van der Waals surface area contributed by atoms with Crippen molar-refractivity contribution in [2.75, 3.05) is 0 Å². The zero-order valence-corrected chi connectivity index (χ0v) is 10.4. The minimum absolute atomic E-state index is 0.189. The van der Waals surface area contributed by atoms with Crippen LogP contribution in [0.4, 0.5) is 4.79 Å². The number of nitrogens with zero attached hydrogens (tertiary/aromatic N) is 2. The molecule has 0 aliphatic carbocycles. The smallest absolute Gasteiger partial charge is 0.335 e. The lowest BCUT2D eigenvalue weighted by Crippen LogP contribution is -2.24. The van der Waals surface area contributed by atoms with Crippen LogP contribution >= 0.6 is 0 Å². The second-order valence-electron chi connectivity index (χ2n) is 3.89. The molecule has 2 aromatic rings. The molecule has 0 saturated carbocycles. The molecular formula is C13H12N4O3. The van der Waals surface area contributed by atoms with Crippen LogP contribution in [0.2, 0.25) is 0 Å². The number of nitrogens with two attached hydrogens (primary N) is 1. The number of nitrogens with one attached hydrogen (secondary N) is 1. The highest BCUT2D eigenvalue weighted by Crippen LogP contribution is 2.13. The number of aromatic nitrogens is 1. The Labute approximate surface area is 114 Å². The first-order valence-electron chi connectivity index (χ1n) is 5.67. The average molecular weight is 272 g/mol. The molecule has 102 valence electrons. The van der Waals surface area contributed by atoms with Crippen LogP contribution in [-0.4, -0.2) is 27.9 Å². The first-order chi connectivity index (χ1) is 9.58. The summed E-state index contributed by atoms with van der Waals surface area (Å²) in [4.78, 5) is 21.5. The normalized spacial score (nSPS) is 10.6. The van der Waals surface area contributed by atoms with E-state index in [0.29, 0.717) is 11.4 Å². The molecule has 0 bridgehead atoms. The van der Waals surface area contributed by atoms with E-state index in [9.17, 15) is 9.59 Å². The summed E-state index contributed by atoms with van der Waals surface area (Å²) < 4.78 is 1.73. The molecule has 0 fully saturated rings. The van der Waals surface area contributed by atoms with E-state index in [1.165, 1.54) is 12.3 Å². The monoisotopic (exact) mass is 272 g/mol. The van der Waals surface area contributed by atoms with Gasteiger partial charge in [0, 0.05) is 11.9 Å². The van der Waals surface area contributed by atoms with Crippen molar-refractivity contribution in [2.24, 2.45) is 10.8 Å². The zero-order chi connectivity index (χ0) is 14.5. The van der Waals surface area contributed by atoms with E-state index in [4.69, 9.17) is 10.8 Å². The van der Waals surface area contributed by atoms with Gasteiger partial charge in [-0.3, -0.25) is 0 Å². The van der Waals surface area contributed by atoms with E-state index < -0.39 is 12.0 Å². The van der Waals surface area contributed by atoms with Gasteiger partial charge in [0.15, 0.2) is 0 Å². The lowest BCUT2D eigenvalue weighted by molar-refractivity contribution is 0.0697. The number of hydrogen-bond acceptors (Lipinski definition) is 3. The van der Waals surface area contributed by atoms with Crippen molar-refractivity contribution in [3.05, 3.63) is 53.9 Å². The molecule has 1 heterocycles. The van der Waals surface area contributed by atoms with Gasteiger partial charge in [-0.1, -0.05) is 6.07 Å². The third-order valence-electron chi connectivity index (χ3n) is 2.52. The number of carboxylic acids is 1. The van der Waals surface area contributed by atoms with E-state index in [-0.39, 0.29) is 5.56 Å². The maximum atomic E-state index is 11.0. The fourth-order valence-electron chi connectivity index (χ4n) is 1.69. The van der Waals surface area contributed by atoms with Crippen molar-refractivity contribution in [1.29, 1.82) is 0 Å². The minimum atomic E-state index is -0.996. The summed E-state index contributed by atoms with van der Waals surface area (Å²) >= 11 is 0. The Morgan fingerprint density at radius 2 is 2.10 bits per heavy atom. The highest BCUT2D eigenvalue weighted by molar-refractivity contribution is 5.88. The summed E-state index contributed by atoms with van der Waals surface area (Å²) in [5.74, 6) is -0.996. The van der Waals surface area contributed by atoms with Gasteiger partial charge in [0.25, 0.3) is 0 Å². The Morgan fingerprint density at radius 3 is 2.80 bits per heavy atom. The van der Waals surface area contributed by atoms with Gasteiger partial charge in [0.2, 0.25) is 0 Å². The van der Waals surface area contributed by atoms with Gasteiger partial charge in [-0.2, -0.15) is 5.10 Å². The summed E-state index contributed by atoms with van der Waals surface area (Å²) in [6.07, 6.45) is 3.17. The van der Waals surface area contributed by atoms with Crippen LogP contribution in [0.25, 0.3) is 5.69 Å². The number of hydrazone groups is 1. The topological polar surface area (TPSA) is 110 Å². The second-order valence-corrected chi connectivity index (χ2v) is 3.89. The molecule has 20 heavy (non-hydrogen) atoms. The molecular weight excluding hydrogens is 260 g/mol. The predicted molar refractivity (Wildman–Crippen MR) is 73.0 cm³/mol. The van der Waals surface area contributed by atoms with Crippen molar-refractivity contribution in [2.45, 2.75) is 0 Å². The van der Waals surface area contributed by atoms with Crippen LogP contribution in [0.1, 0.15) is 16.1 Å². The number of hydrogen-bond donors (Lipinski definition) is 3. The number of primary amides is 1. The maximum Gasteiger partial charge on any atom is 0.335 e. The van der Waals surface area contributed by atoms with Crippen molar-refractivity contribution in [3.8, 4) is 5.69 Å². The van der Waals surface area contributed by atoms with Crippen molar-refractivity contribution in [1.82, 2.24) is 9.99 Å². The minimum Gasteiger partial charge on any atom is -0.478 e. The molecule has 0 unspecified atom stereocenters. The first-order valence-corrected chi connectivity index (χ1v) is 5.67. The number of carboxylic acid groups (broad SMARTS) is 1. The zero-order valence-electron chi connectivity index (χ0n) is 10.4. The molecule has 7 nitrogen and oxygen atoms in total. The highest BCUT2D eigenvalue weighted by Gasteiger charge is 2.06. The van der Waals surface area contributed by atoms with E-state index >= 15 is 0 Å². The number of aromatic carboxylic acids is 1. The molecule has 1 aromatic heterocycles. The van der Waals surface area contributed by atoms with Crippen LogP contribution in [0.5, 0.6) is 0 Å². The van der Waals surface area contributed by atoms with Crippen molar-refractivity contribution < 1.29 is 14.7 Å². The fourth-order valence-corrected chi connectivity index (χ4v) is 1.69. The Hall–Kier alpha value is -3.09. The van der Waals surface area contributed by atoms with Gasteiger partial charge >= 0.3 is 12.0 Å². The number of carbonyl (C=O) groups is 2. The van der Waals surface area contributed by atoms with Gasteiger partial charge < -0.3 is 15.4 Å². The molecule has 2 rings (SSSR count). The number of amides is 2. The van der Waals surface area contributed by atoms with Gasteiger partial charge in [-0.05, 0) is 30.3 Å². The van der Waals surface area contributed by atoms with E-state index in [1.54, 1.807) is 41.1 Å². The Balaban J connectivity index is 2.32. The predicted octanol–water partition coefficient (Wildman–Crippen LogP) is 1.18. The van der Waals surface area contributed by atoms with Gasteiger partial charge in [0.1, 0.15) is 0 Å². The van der Waals surface area contributed by atoms with E-state index in [1.807, 2.05) is 0 Å². The van der Waals surface area contributed by atoms with Crippen LogP contribution in [0, 0.1) is 0 Å². The number of carbonyl (C=O) groups excluding carboxylic acids is 1. The third kappa shape index (κ3) is 3.02. The Bertz CT molecular complexity index is 676. The van der Waals surface area contributed by atoms with Crippen LogP contribution in [0.3, 0.4) is 0 Å². The van der Waals surface area contributed by atoms with E-state index in [2.05, 4.69) is 10.5 Å². The van der Waals surface area contributed by atoms with E-state index in [0.717, 1.165) is 0 Å². The van der Waals surface area contributed by atoms with Crippen LogP contribution in [0.15, 0.2) is 47.7 Å². The molecule has 2 amide bonds. The molecule has 0 aliphatic heterocycles. The molecule has 0 aliphatic rings. The van der Waals surface area contributed by atoms with Gasteiger partial charge in [-0.25, -0.2) is 15.0 Å². The Morgan fingerprint density at radius 1 is 1.30 bits per heavy atom. The SMILES string of the molecule is NC(=O)N/N=C/c1cccn1-c1cccc(C(=O)O)c1. The quantitative estimate of drug-likeness (QED) is 0.574. The molecule has 4 N–H and O–H groups in total. The van der Waals surface area contributed by atoms with Gasteiger partial charge in [-0.15, -0.1) is 0 Å². The lowest BCUT2D eigenvalue weighted by Gasteiger charge is -2.07. The second kappa shape index (κ2) is 5.70. The first kappa shape index (κ1) is 13.3. The molecule has 0 saturated heterocycles. The summed E-state index contributed by atoms with van der Waals surface area (Å²) in [5, 5.41) is 12.7. The van der Waals surface area contributed by atoms with Crippen LogP contribution in [-0.2, 0) is 0 Å². The third-order valence-corrected chi connectivity index (χ3v) is 2.52. The van der Waals surface area contributed by atoms with Crippen molar-refractivity contribution >= 4 is 18.2 Å². The number of benzene rings is 1.